The highest BCUT2D eigenvalue weighted by Crippen LogP contribution is 2.17. The molecule has 1 amide bonds. The monoisotopic (exact) mass is 319 g/mol. The second-order valence-corrected chi connectivity index (χ2v) is 6.73. The fraction of sp³-hybridized carbons (Fsp3) is 0.412. The van der Waals surface area contributed by atoms with Crippen LogP contribution in [0.15, 0.2) is 36.7 Å². The summed E-state index contributed by atoms with van der Waals surface area (Å²) in [4.78, 5) is 16.2. The molecule has 0 spiro atoms. The van der Waals surface area contributed by atoms with Gasteiger partial charge >= 0.3 is 0 Å². The molecular formula is C17H22ClN3O. The molecule has 0 aliphatic heterocycles. The highest BCUT2D eigenvalue weighted by Gasteiger charge is 2.20. The molecule has 0 unspecified atom stereocenters. The van der Waals surface area contributed by atoms with Crippen LogP contribution in [-0.2, 0) is 17.8 Å². The third-order valence-corrected chi connectivity index (χ3v) is 3.78. The smallest absolute Gasteiger partial charge is 0.225 e. The molecule has 0 bridgehead atoms. The molecular weight excluding hydrogens is 298 g/mol. The van der Waals surface area contributed by atoms with E-state index in [2.05, 4.69) is 14.9 Å². The van der Waals surface area contributed by atoms with Gasteiger partial charge in [-0.1, -0.05) is 50.6 Å². The number of carbonyl (C=O) groups excluding carboxylic acids is 1. The average Bonchev–Trinajstić information content (AvgIpc) is 2.88. The number of benzene rings is 1. The quantitative estimate of drug-likeness (QED) is 0.919. The number of hydrogen-bond acceptors (Lipinski definition) is 2. The third kappa shape index (κ3) is 4.34. The minimum atomic E-state index is -0.368. The molecule has 1 aromatic heterocycles. The largest absolute Gasteiger partial charge is 0.355 e. The molecule has 0 aliphatic carbocycles. The van der Waals surface area contributed by atoms with E-state index in [4.69, 9.17) is 11.6 Å². The lowest BCUT2D eigenvalue weighted by molar-refractivity contribution is -0.128. The van der Waals surface area contributed by atoms with Gasteiger partial charge in [0.05, 0.1) is 6.54 Å². The standard InChI is InChI=1S/C17H22ClN3O/c1-17(2,3)16(22)20-9-8-15-19-10-11-21(15)12-13-6-4-5-7-14(13)18/h4-7,10-11H,8-9,12H2,1-3H3,(H,20,22). The Bertz CT molecular complexity index is 643. The molecule has 0 aliphatic rings. The van der Waals surface area contributed by atoms with E-state index in [-0.39, 0.29) is 11.3 Å². The van der Waals surface area contributed by atoms with Gasteiger partial charge in [-0.25, -0.2) is 4.98 Å². The summed E-state index contributed by atoms with van der Waals surface area (Å²) < 4.78 is 2.06. The van der Waals surface area contributed by atoms with Crippen molar-refractivity contribution in [2.75, 3.05) is 6.54 Å². The first-order valence-corrected chi connectivity index (χ1v) is 7.77. The van der Waals surface area contributed by atoms with Gasteiger partial charge in [0.25, 0.3) is 0 Å². The Morgan fingerprint density at radius 3 is 2.73 bits per heavy atom. The van der Waals surface area contributed by atoms with Crippen molar-refractivity contribution in [1.82, 2.24) is 14.9 Å². The topological polar surface area (TPSA) is 46.9 Å². The van der Waals surface area contributed by atoms with Crippen molar-refractivity contribution in [2.45, 2.75) is 33.7 Å². The van der Waals surface area contributed by atoms with Crippen LogP contribution in [0.2, 0.25) is 5.02 Å². The minimum absolute atomic E-state index is 0.0525. The van der Waals surface area contributed by atoms with Gasteiger partial charge in [0.2, 0.25) is 5.91 Å². The Hall–Kier alpha value is -1.81. The molecule has 0 fully saturated rings. The molecule has 118 valence electrons. The van der Waals surface area contributed by atoms with Crippen LogP contribution in [0, 0.1) is 5.41 Å². The first-order valence-electron chi connectivity index (χ1n) is 7.39. The molecule has 0 saturated carbocycles. The summed E-state index contributed by atoms with van der Waals surface area (Å²) in [7, 11) is 0. The zero-order valence-corrected chi connectivity index (χ0v) is 14.0. The van der Waals surface area contributed by atoms with E-state index >= 15 is 0 Å². The second-order valence-electron chi connectivity index (χ2n) is 6.32. The van der Waals surface area contributed by atoms with Gasteiger partial charge in [-0.15, -0.1) is 0 Å². The molecule has 2 rings (SSSR count). The maximum Gasteiger partial charge on any atom is 0.225 e. The lowest BCUT2D eigenvalue weighted by Gasteiger charge is -2.17. The third-order valence-electron chi connectivity index (χ3n) is 3.42. The molecule has 5 heteroatoms. The summed E-state index contributed by atoms with van der Waals surface area (Å²) >= 11 is 6.20. The van der Waals surface area contributed by atoms with Crippen LogP contribution in [0.25, 0.3) is 0 Å². The Morgan fingerprint density at radius 1 is 1.32 bits per heavy atom. The van der Waals surface area contributed by atoms with Gasteiger partial charge < -0.3 is 9.88 Å². The van der Waals surface area contributed by atoms with Crippen molar-refractivity contribution in [3.63, 3.8) is 0 Å². The Labute approximate surface area is 136 Å². The summed E-state index contributed by atoms with van der Waals surface area (Å²) in [5, 5.41) is 3.70. The summed E-state index contributed by atoms with van der Waals surface area (Å²) in [6, 6.07) is 7.79. The Kier molecular flexibility index (Phi) is 5.24. The first kappa shape index (κ1) is 16.6. The summed E-state index contributed by atoms with van der Waals surface area (Å²) in [6.07, 6.45) is 4.40. The predicted octanol–water partition coefficient (Wildman–Crippen LogP) is 3.29. The SMILES string of the molecule is CC(C)(C)C(=O)NCCc1nccn1Cc1ccccc1Cl. The number of carbonyl (C=O) groups is 1. The van der Waals surface area contributed by atoms with E-state index in [1.54, 1.807) is 6.20 Å². The van der Waals surface area contributed by atoms with Crippen molar-refractivity contribution in [2.24, 2.45) is 5.41 Å². The van der Waals surface area contributed by atoms with Crippen LogP contribution in [-0.4, -0.2) is 22.0 Å². The van der Waals surface area contributed by atoms with Gasteiger partial charge in [-0.3, -0.25) is 4.79 Å². The van der Waals surface area contributed by atoms with Crippen LogP contribution < -0.4 is 5.32 Å². The van der Waals surface area contributed by atoms with Gasteiger partial charge in [0.1, 0.15) is 5.82 Å². The van der Waals surface area contributed by atoms with E-state index in [9.17, 15) is 4.79 Å². The lowest BCUT2D eigenvalue weighted by atomic mass is 9.96. The van der Waals surface area contributed by atoms with Crippen LogP contribution >= 0.6 is 11.6 Å². The van der Waals surface area contributed by atoms with Crippen LogP contribution in [0.1, 0.15) is 32.2 Å². The highest BCUT2D eigenvalue weighted by atomic mass is 35.5. The fourth-order valence-electron chi connectivity index (χ4n) is 2.08. The molecule has 2 aromatic rings. The summed E-state index contributed by atoms with van der Waals surface area (Å²) in [5.74, 6) is 0.992. The minimum Gasteiger partial charge on any atom is -0.355 e. The van der Waals surface area contributed by atoms with Crippen molar-refractivity contribution in [1.29, 1.82) is 0 Å². The summed E-state index contributed by atoms with van der Waals surface area (Å²) in [5.41, 5.74) is 0.689. The maximum absolute atomic E-state index is 11.9. The van der Waals surface area contributed by atoms with Gasteiger partial charge in [-0.2, -0.15) is 0 Å². The number of nitrogens with one attached hydrogen (secondary N) is 1. The van der Waals surface area contributed by atoms with Crippen molar-refractivity contribution < 1.29 is 4.79 Å². The average molecular weight is 320 g/mol. The predicted molar refractivity (Wildman–Crippen MR) is 88.9 cm³/mol. The molecule has 0 atom stereocenters. The summed E-state index contributed by atoms with van der Waals surface area (Å²) in [6.45, 7) is 6.97. The highest BCUT2D eigenvalue weighted by molar-refractivity contribution is 6.31. The number of hydrogen-bond donors (Lipinski definition) is 1. The lowest BCUT2D eigenvalue weighted by Crippen LogP contribution is -2.36. The van der Waals surface area contributed by atoms with Crippen molar-refractivity contribution >= 4 is 17.5 Å². The van der Waals surface area contributed by atoms with Crippen LogP contribution in [0.3, 0.4) is 0 Å². The zero-order valence-electron chi connectivity index (χ0n) is 13.3. The number of halogens is 1. The van der Waals surface area contributed by atoms with Crippen LogP contribution in [0.5, 0.6) is 0 Å². The fourth-order valence-corrected chi connectivity index (χ4v) is 2.27. The molecule has 1 heterocycles. The number of imidazole rings is 1. The molecule has 1 aromatic carbocycles. The second kappa shape index (κ2) is 6.97. The van der Waals surface area contributed by atoms with Crippen molar-refractivity contribution in [3.05, 3.63) is 53.1 Å². The molecule has 1 N–H and O–H groups in total. The van der Waals surface area contributed by atoms with Gasteiger partial charge in [-0.05, 0) is 11.6 Å². The number of aromatic nitrogens is 2. The van der Waals surface area contributed by atoms with E-state index in [0.717, 1.165) is 16.4 Å². The van der Waals surface area contributed by atoms with Gasteiger partial charge in [0.15, 0.2) is 0 Å². The van der Waals surface area contributed by atoms with E-state index in [1.807, 2.05) is 51.2 Å². The van der Waals surface area contributed by atoms with E-state index < -0.39 is 0 Å². The molecule has 0 radical (unpaired) electrons. The van der Waals surface area contributed by atoms with E-state index in [1.165, 1.54) is 0 Å². The zero-order chi connectivity index (χ0) is 16.2. The van der Waals surface area contributed by atoms with E-state index in [0.29, 0.717) is 19.5 Å². The maximum atomic E-state index is 11.9. The number of amides is 1. The number of rotatable bonds is 5. The van der Waals surface area contributed by atoms with Crippen LogP contribution in [0.4, 0.5) is 0 Å². The molecule has 4 nitrogen and oxygen atoms in total. The number of nitrogens with zero attached hydrogens (tertiary/aromatic N) is 2. The Balaban J connectivity index is 1.96. The molecule has 22 heavy (non-hydrogen) atoms. The normalized spacial score (nSPS) is 11.5. The van der Waals surface area contributed by atoms with Crippen molar-refractivity contribution in [3.8, 4) is 0 Å². The first-order chi connectivity index (χ1) is 10.4. The Morgan fingerprint density at radius 2 is 2.05 bits per heavy atom. The molecule has 0 saturated heterocycles. The van der Waals surface area contributed by atoms with Gasteiger partial charge in [0, 0.05) is 35.8 Å².